The smallest absolute Gasteiger partial charge is 0.335 e. The summed E-state index contributed by atoms with van der Waals surface area (Å²) in [6.07, 6.45) is 9.00. The Labute approximate surface area is 170 Å². The van der Waals surface area contributed by atoms with Crippen molar-refractivity contribution in [2.45, 2.75) is 70.0 Å². The van der Waals surface area contributed by atoms with Crippen molar-refractivity contribution >= 4 is 5.78 Å². The van der Waals surface area contributed by atoms with E-state index in [9.17, 15) is 19.8 Å². The van der Waals surface area contributed by atoms with Crippen molar-refractivity contribution in [2.24, 2.45) is 28.6 Å². The number of carbonyl (C=O) groups excluding carboxylic acids is 1. The van der Waals surface area contributed by atoms with Gasteiger partial charge in [0.25, 0.3) is 0 Å². The van der Waals surface area contributed by atoms with Crippen LogP contribution < -0.4 is 5.63 Å². The summed E-state index contributed by atoms with van der Waals surface area (Å²) in [5, 5.41) is 23.5. The zero-order chi connectivity index (χ0) is 20.6. The molecule has 3 fully saturated rings. The molecule has 0 unspecified atom stereocenters. The fraction of sp³-hybridized carbons (Fsp3) is 0.667. The lowest BCUT2D eigenvalue weighted by Crippen LogP contribution is -2.65. The second-order valence-corrected chi connectivity index (χ2v) is 10.4. The summed E-state index contributed by atoms with van der Waals surface area (Å²) in [6, 6.07) is 3.24. The Balaban J connectivity index is 1.56. The minimum atomic E-state index is -0.874. The molecule has 1 aromatic heterocycles. The minimum absolute atomic E-state index is 0.00364. The monoisotopic (exact) mass is 398 g/mol. The number of carbonyl (C=O) groups is 1. The van der Waals surface area contributed by atoms with Crippen molar-refractivity contribution in [3.8, 4) is 0 Å². The number of fused-ring (bicyclic) bond motifs is 5. The molecule has 5 nitrogen and oxygen atoms in total. The van der Waals surface area contributed by atoms with Crippen LogP contribution in [0.15, 0.2) is 39.8 Å². The van der Waals surface area contributed by atoms with E-state index >= 15 is 0 Å². The van der Waals surface area contributed by atoms with E-state index in [-0.39, 0.29) is 40.5 Å². The first-order valence-corrected chi connectivity index (χ1v) is 10.9. The molecule has 1 aromatic rings. The molecule has 3 saturated carbocycles. The number of hydrogen-bond acceptors (Lipinski definition) is 5. The molecule has 29 heavy (non-hydrogen) atoms. The highest BCUT2D eigenvalue weighted by atomic mass is 16.4. The molecule has 0 saturated heterocycles. The van der Waals surface area contributed by atoms with E-state index in [1.165, 1.54) is 12.3 Å². The van der Waals surface area contributed by atoms with Gasteiger partial charge in [-0.05, 0) is 78.9 Å². The lowest BCUT2D eigenvalue weighted by Gasteiger charge is -2.63. The lowest BCUT2D eigenvalue weighted by molar-refractivity contribution is -0.224. The van der Waals surface area contributed by atoms with Crippen LogP contribution in [0, 0.1) is 28.6 Å². The van der Waals surface area contributed by atoms with E-state index in [0.717, 1.165) is 24.8 Å². The van der Waals surface area contributed by atoms with Crippen LogP contribution in [0.1, 0.15) is 63.9 Å². The standard InChI is InChI=1S/C24H30O5/c1-22-9-7-16(25)11-15(22)4-5-18-21(22)19(26)12-23(2)17(8-10-24(18,23)28)14-3-6-20(27)29-13-14/h3,6-7,9,13,15,17-19,21,26,28H,4-5,8,10-12H2,1-2H3/t15-,17-,18-,19-,21-,22+,23-,24+/m1/s1. The molecule has 0 bridgehead atoms. The number of aliphatic hydroxyl groups is 2. The molecule has 5 rings (SSSR count). The summed E-state index contributed by atoms with van der Waals surface area (Å²) in [5.41, 5.74) is -1.06. The predicted octanol–water partition coefficient (Wildman–Crippen LogP) is 3.20. The van der Waals surface area contributed by atoms with E-state index < -0.39 is 17.1 Å². The molecule has 5 heteroatoms. The molecule has 1 heterocycles. The van der Waals surface area contributed by atoms with Gasteiger partial charge in [0.05, 0.1) is 18.0 Å². The van der Waals surface area contributed by atoms with E-state index in [1.807, 2.05) is 6.08 Å². The summed E-state index contributed by atoms with van der Waals surface area (Å²) in [4.78, 5) is 23.4. The number of rotatable bonds is 1. The van der Waals surface area contributed by atoms with Gasteiger partial charge in [-0.2, -0.15) is 0 Å². The summed E-state index contributed by atoms with van der Waals surface area (Å²) in [5.74, 6) is 0.407. The van der Waals surface area contributed by atoms with Crippen LogP contribution in [0.25, 0.3) is 0 Å². The molecular formula is C24H30O5. The molecule has 2 N–H and O–H groups in total. The third-order valence-corrected chi connectivity index (χ3v) is 9.29. The zero-order valence-corrected chi connectivity index (χ0v) is 17.1. The summed E-state index contributed by atoms with van der Waals surface area (Å²) < 4.78 is 5.12. The molecule has 4 aliphatic rings. The summed E-state index contributed by atoms with van der Waals surface area (Å²) in [6.45, 7) is 4.27. The van der Waals surface area contributed by atoms with Gasteiger partial charge in [0.2, 0.25) is 0 Å². The molecular weight excluding hydrogens is 368 g/mol. The van der Waals surface area contributed by atoms with Gasteiger partial charge in [-0.25, -0.2) is 4.79 Å². The highest BCUT2D eigenvalue weighted by molar-refractivity contribution is 5.91. The van der Waals surface area contributed by atoms with Crippen LogP contribution >= 0.6 is 0 Å². The van der Waals surface area contributed by atoms with Crippen molar-refractivity contribution in [1.82, 2.24) is 0 Å². The second-order valence-electron chi connectivity index (χ2n) is 10.4. The second kappa shape index (κ2) is 6.14. The van der Waals surface area contributed by atoms with Crippen LogP contribution in [0.2, 0.25) is 0 Å². The minimum Gasteiger partial charge on any atom is -0.431 e. The number of allylic oxidation sites excluding steroid dienone is 2. The quantitative estimate of drug-likeness (QED) is 0.759. The van der Waals surface area contributed by atoms with Gasteiger partial charge in [-0.1, -0.05) is 19.9 Å². The van der Waals surface area contributed by atoms with Crippen molar-refractivity contribution in [3.63, 3.8) is 0 Å². The number of hydrogen-bond donors (Lipinski definition) is 2. The Bertz CT molecular complexity index is 913. The molecule has 0 aliphatic heterocycles. The summed E-state index contributed by atoms with van der Waals surface area (Å²) in [7, 11) is 0. The van der Waals surface area contributed by atoms with Gasteiger partial charge in [-0.3, -0.25) is 4.79 Å². The fourth-order valence-electron chi connectivity index (χ4n) is 7.81. The molecule has 0 aromatic carbocycles. The first-order valence-electron chi connectivity index (χ1n) is 10.9. The lowest BCUT2D eigenvalue weighted by atomic mass is 9.43. The van der Waals surface area contributed by atoms with Gasteiger partial charge in [0.15, 0.2) is 5.78 Å². The zero-order valence-electron chi connectivity index (χ0n) is 17.1. The number of ketones is 1. The maximum Gasteiger partial charge on any atom is 0.335 e. The summed E-state index contributed by atoms with van der Waals surface area (Å²) >= 11 is 0. The van der Waals surface area contributed by atoms with Gasteiger partial charge < -0.3 is 14.6 Å². The maximum absolute atomic E-state index is 12.1. The average Bonchev–Trinajstić information content (AvgIpc) is 2.94. The Hall–Kier alpha value is -1.72. The van der Waals surface area contributed by atoms with Crippen LogP contribution in [0.4, 0.5) is 0 Å². The highest BCUT2D eigenvalue weighted by Crippen LogP contribution is 2.69. The third kappa shape index (κ3) is 2.46. The maximum atomic E-state index is 12.1. The predicted molar refractivity (Wildman–Crippen MR) is 107 cm³/mol. The Kier molecular flexibility index (Phi) is 4.08. The van der Waals surface area contributed by atoms with Crippen molar-refractivity contribution in [1.29, 1.82) is 0 Å². The van der Waals surface area contributed by atoms with Gasteiger partial charge >= 0.3 is 5.63 Å². The van der Waals surface area contributed by atoms with Gasteiger partial charge in [-0.15, -0.1) is 0 Å². The van der Waals surface area contributed by atoms with Gasteiger partial charge in [0.1, 0.15) is 0 Å². The van der Waals surface area contributed by atoms with Crippen molar-refractivity contribution in [3.05, 3.63) is 46.5 Å². The Morgan fingerprint density at radius 3 is 2.66 bits per heavy atom. The molecule has 0 radical (unpaired) electrons. The van der Waals surface area contributed by atoms with Crippen LogP contribution in [-0.4, -0.2) is 27.7 Å². The average molecular weight is 398 g/mol. The van der Waals surface area contributed by atoms with Gasteiger partial charge in [0, 0.05) is 17.9 Å². The van der Waals surface area contributed by atoms with E-state index in [1.54, 1.807) is 12.1 Å². The fourth-order valence-corrected chi connectivity index (χ4v) is 7.81. The first-order chi connectivity index (χ1) is 13.7. The normalized spacial score (nSPS) is 48.7. The van der Waals surface area contributed by atoms with Crippen molar-refractivity contribution in [2.75, 3.05) is 0 Å². The molecule has 0 spiro atoms. The van der Waals surface area contributed by atoms with Crippen LogP contribution in [0.5, 0.6) is 0 Å². The topological polar surface area (TPSA) is 87.7 Å². The third-order valence-electron chi connectivity index (χ3n) is 9.29. The molecule has 4 aliphatic carbocycles. The first kappa shape index (κ1) is 19.3. The largest absolute Gasteiger partial charge is 0.431 e. The SMILES string of the molecule is C[C@]12C=CC(=O)C[C@H]1CC[C@@H]1[C@@H]2[C@H](O)C[C@]2(C)[C@@H](c3ccc(=O)oc3)CC[C@]12O. The van der Waals surface area contributed by atoms with E-state index in [2.05, 4.69) is 13.8 Å². The van der Waals surface area contributed by atoms with Crippen LogP contribution in [-0.2, 0) is 4.79 Å². The Morgan fingerprint density at radius 1 is 1.14 bits per heavy atom. The van der Waals surface area contributed by atoms with E-state index in [0.29, 0.717) is 19.3 Å². The van der Waals surface area contributed by atoms with E-state index in [4.69, 9.17) is 4.42 Å². The van der Waals surface area contributed by atoms with Crippen LogP contribution in [0.3, 0.4) is 0 Å². The molecule has 156 valence electrons. The number of aliphatic hydroxyl groups excluding tert-OH is 1. The molecule has 0 amide bonds. The highest BCUT2D eigenvalue weighted by Gasteiger charge is 2.69. The Morgan fingerprint density at radius 2 is 1.93 bits per heavy atom. The molecule has 8 atom stereocenters. The van der Waals surface area contributed by atoms with Crippen molar-refractivity contribution < 1.29 is 19.4 Å².